The Hall–Kier alpha value is -5.88. The van der Waals surface area contributed by atoms with Gasteiger partial charge < -0.3 is 9.40 Å². The summed E-state index contributed by atoms with van der Waals surface area (Å²) in [7, 11) is 0. The summed E-state index contributed by atoms with van der Waals surface area (Å²) in [4.78, 5) is 31.5. The van der Waals surface area contributed by atoms with E-state index < -0.39 is 0 Å². The van der Waals surface area contributed by atoms with Gasteiger partial charge in [0.25, 0.3) is 11.1 Å². The Bertz CT molecular complexity index is 2890. The number of hydrogen-bond donors (Lipinski definition) is 1. The van der Waals surface area contributed by atoms with Crippen LogP contribution < -0.4 is 11.1 Å². The van der Waals surface area contributed by atoms with Crippen molar-refractivity contribution in [3.05, 3.63) is 118 Å². The lowest BCUT2D eigenvalue weighted by Crippen LogP contribution is -2.14. The molecule has 42 heavy (non-hydrogen) atoms. The number of fused-ring (bicyclic) bond motifs is 10. The quantitative estimate of drug-likeness (QED) is 0.157. The number of imidazole rings is 1. The number of H-pyrrole nitrogens is 1. The third kappa shape index (κ3) is 2.14. The van der Waals surface area contributed by atoms with Crippen LogP contribution in [0.5, 0.6) is 0 Å². The van der Waals surface area contributed by atoms with Gasteiger partial charge in [0.1, 0.15) is 5.65 Å². The topological polar surface area (TPSA) is 71.9 Å². The van der Waals surface area contributed by atoms with Gasteiger partial charge in [-0.05, 0) is 74.8 Å². The zero-order valence-electron chi connectivity index (χ0n) is 21.9. The van der Waals surface area contributed by atoms with Crippen molar-refractivity contribution in [3.8, 4) is 0 Å². The highest BCUT2D eigenvalue weighted by molar-refractivity contribution is 6.40. The third-order valence-corrected chi connectivity index (χ3v) is 9.39. The predicted octanol–water partition coefficient (Wildman–Crippen LogP) is 7.93. The lowest BCUT2D eigenvalue weighted by molar-refractivity contribution is 0.657. The highest BCUT2D eigenvalue weighted by Gasteiger charge is 2.23. The first-order valence-corrected chi connectivity index (χ1v) is 14.0. The van der Waals surface area contributed by atoms with Crippen LogP contribution in [0.25, 0.3) is 98.1 Å². The molecule has 0 spiro atoms. The second-order valence-corrected chi connectivity index (χ2v) is 11.3. The second-order valence-electron chi connectivity index (χ2n) is 11.3. The van der Waals surface area contributed by atoms with Crippen LogP contribution in [0.4, 0.5) is 0 Å². The lowest BCUT2D eigenvalue weighted by atomic mass is 9.86. The Morgan fingerprint density at radius 2 is 0.976 bits per heavy atom. The fourth-order valence-electron chi connectivity index (χ4n) is 7.70. The Morgan fingerprint density at radius 3 is 1.69 bits per heavy atom. The SMILES string of the molecule is O=c1c2ccc3c4ccc5c(=O)n6c7ccccc7oc6c6ccc(c7ccc(c2c37)c2[nH]c3ccccc3n12)c4c56. The minimum absolute atomic E-state index is 0.0327. The Kier molecular flexibility index (Phi) is 3.34. The summed E-state index contributed by atoms with van der Waals surface area (Å²) in [6, 6.07) is 32.1. The maximum atomic E-state index is 14.0. The zero-order chi connectivity index (χ0) is 27.4. The van der Waals surface area contributed by atoms with Gasteiger partial charge in [-0.25, -0.2) is 4.40 Å². The Labute approximate surface area is 233 Å². The number of hydrogen-bond acceptors (Lipinski definition) is 3. The summed E-state index contributed by atoms with van der Waals surface area (Å²) in [6.07, 6.45) is 0. The van der Waals surface area contributed by atoms with Gasteiger partial charge in [-0.3, -0.25) is 14.0 Å². The molecule has 0 aliphatic carbocycles. The molecule has 0 unspecified atom stereocenters. The molecule has 6 nitrogen and oxygen atoms in total. The molecule has 194 valence electrons. The first-order valence-electron chi connectivity index (χ1n) is 14.0. The van der Waals surface area contributed by atoms with E-state index in [4.69, 9.17) is 4.42 Å². The average molecular weight is 540 g/mol. The molecule has 4 heterocycles. The lowest BCUT2D eigenvalue weighted by Gasteiger charge is -2.18. The van der Waals surface area contributed by atoms with Crippen LogP contribution in [-0.2, 0) is 0 Å². The van der Waals surface area contributed by atoms with Gasteiger partial charge in [0.05, 0.1) is 16.6 Å². The molecule has 1 N–H and O–H groups in total. The monoisotopic (exact) mass is 539 g/mol. The fraction of sp³-hybridized carbons (Fsp3) is 0. The number of rotatable bonds is 0. The number of pyridine rings is 2. The van der Waals surface area contributed by atoms with E-state index in [0.29, 0.717) is 22.1 Å². The highest BCUT2D eigenvalue weighted by Crippen LogP contribution is 2.45. The van der Waals surface area contributed by atoms with Crippen LogP contribution in [0.15, 0.2) is 111 Å². The number of nitrogens with zero attached hydrogens (tertiary/aromatic N) is 2. The van der Waals surface area contributed by atoms with Crippen molar-refractivity contribution in [3.63, 3.8) is 0 Å². The summed E-state index contributed by atoms with van der Waals surface area (Å²) in [5.41, 5.74) is 4.48. The second kappa shape index (κ2) is 6.70. The molecule has 0 amide bonds. The van der Waals surface area contributed by atoms with Crippen LogP contribution in [-0.4, -0.2) is 13.8 Å². The van der Waals surface area contributed by atoms with Crippen LogP contribution >= 0.6 is 0 Å². The minimum Gasteiger partial charge on any atom is -0.437 e. The van der Waals surface area contributed by atoms with Gasteiger partial charge >= 0.3 is 0 Å². The molecule has 0 bridgehead atoms. The Balaban J connectivity index is 1.41. The summed E-state index contributed by atoms with van der Waals surface area (Å²) in [5, 5.41) is 11.5. The zero-order valence-corrected chi connectivity index (χ0v) is 21.9. The molecule has 7 aromatic carbocycles. The molecular formula is C36H17N3O3. The van der Waals surface area contributed by atoms with E-state index in [-0.39, 0.29) is 11.1 Å². The molecule has 0 aliphatic heterocycles. The smallest absolute Gasteiger partial charge is 0.265 e. The normalized spacial score (nSPS) is 13.0. The molecular weight excluding hydrogens is 522 g/mol. The van der Waals surface area contributed by atoms with Crippen molar-refractivity contribution in [2.24, 2.45) is 0 Å². The molecule has 0 saturated heterocycles. The molecule has 0 radical (unpaired) electrons. The number of benzene rings is 7. The van der Waals surface area contributed by atoms with Crippen molar-refractivity contribution in [1.29, 1.82) is 0 Å². The van der Waals surface area contributed by atoms with Crippen LogP contribution in [0.3, 0.4) is 0 Å². The molecule has 0 fully saturated rings. The van der Waals surface area contributed by atoms with E-state index in [1.54, 1.807) is 8.80 Å². The van der Waals surface area contributed by atoms with Crippen LogP contribution in [0, 0.1) is 0 Å². The average Bonchev–Trinajstić information content (AvgIpc) is 3.61. The van der Waals surface area contributed by atoms with Gasteiger partial charge in [0.2, 0.25) is 5.71 Å². The van der Waals surface area contributed by atoms with Crippen molar-refractivity contribution < 1.29 is 4.42 Å². The first kappa shape index (κ1) is 20.9. The summed E-state index contributed by atoms with van der Waals surface area (Å²) in [5.74, 6) is 0. The standard InChI is InChI=1S/C36H17N3O3/c40-34-22-14-10-18-19-11-15-23-32-24(36-39(35(23)41)27-7-3-4-8-28(27)42-36)16-12-20(30(19)32)17-9-13-21(31(22)29(17)18)33-37-25-5-1-2-6-26(25)38(33)34/h1-16,37H. The van der Waals surface area contributed by atoms with E-state index in [9.17, 15) is 9.59 Å². The summed E-state index contributed by atoms with van der Waals surface area (Å²) in [6.45, 7) is 0. The number of nitrogens with one attached hydrogen (secondary N) is 1. The number of para-hydroxylation sites is 4. The Morgan fingerprint density at radius 1 is 0.476 bits per heavy atom. The van der Waals surface area contributed by atoms with Crippen molar-refractivity contribution in [2.75, 3.05) is 0 Å². The predicted molar refractivity (Wildman–Crippen MR) is 170 cm³/mol. The van der Waals surface area contributed by atoms with E-state index in [0.717, 1.165) is 76.1 Å². The van der Waals surface area contributed by atoms with E-state index in [1.165, 1.54) is 0 Å². The fourth-order valence-corrected chi connectivity index (χ4v) is 7.70. The van der Waals surface area contributed by atoms with Crippen molar-refractivity contribution in [2.45, 2.75) is 0 Å². The van der Waals surface area contributed by atoms with E-state index >= 15 is 0 Å². The molecule has 0 atom stereocenters. The molecule has 11 rings (SSSR count). The summed E-state index contributed by atoms with van der Waals surface area (Å²) < 4.78 is 9.78. The van der Waals surface area contributed by atoms with Crippen LogP contribution in [0.1, 0.15) is 0 Å². The van der Waals surface area contributed by atoms with Gasteiger partial charge in [0, 0.05) is 32.3 Å². The third-order valence-electron chi connectivity index (χ3n) is 9.39. The maximum Gasteiger partial charge on any atom is 0.265 e. The molecule has 0 aliphatic rings. The molecule has 0 saturated carbocycles. The maximum absolute atomic E-state index is 14.0. The molecule has 6 heteroatoms. The van der Waals surface area contributed by atoms with Crippen molar-refractivity contribution >= 4 is 98.1 Å². The van der Waals surface area contributed by atoms with Gasteiger partial charge in [0.15, 0.2) is 5.58 Å². The van der Waals surface area contributed by atoms with Gasteiger partial charge in [-0.2, -0.15) is 0 Å². The largest absolute Gasteiger partial charge is 0.437 e. The minimum atomic E-state index is -0.0869. The van der Waals surface area contributed by atoms with Crippen molar-refractivity contribution in [1.82, 2.24) is 13.8 Å². The molecule has 4 aromatic heterocycles. The first-order chi connectivity index (χ1) is 20.7. The summed E-state index contributed by atoms with van der Waals surface area (Å²) >= 11 is 0. The van der Waals surface area contributed by atoms with Crippen LogP contribution in [0.2, 0.25) is 0 Å². The van der Waals surface area contributed by atoms with Gasteiger partial charge in [-0.15, -0.1) is 0 Å². The highest BCUT2D eigenvalue weighted by atomic mass is 16.3. The van der Waals surface area contributed by atoms with E-state index in [1.807, 2.05) is 60.7 Å². The van der Waals surface area contributed by atoms with E-state index in [2.05, 4.69) is 41.4 Å². The number of oxazole rings is 1. The molecule has 11 aromatic rings. The number of aromatic amines is 1. The van der Waals surface area contributed by atoms with Gasteiger partial charge in [-0.1, -0.05) is 54.6 Å². The number of aromatic nitrogens is 3.